The number of carbonyl (C=O) groups is 2. The Morgan fingerprint density at radius 2 is 1.97 bits per heavy atom. The van der Waals surface area contributed by atoms with Crippen molar-refractivity contribution < 1.29 is 19.1 Å². The van der Waals surface area contributed by atoms with E-state index < -0.39 is 5.91 Å². The minimum absolute atomic E-state index is 0.0482. The third-order valence-electron chi connectivity index (χ3n) is 4.05. The molecule has 5 nitrogen and oxygen atoms in total. The molecule has 0 N–H and O–H groups in total. The maximum absolute atomic E-state index is 12.4. The van der Waals surface area contributed by atoms with Crippen molar-refractivity contribution in [1.29, 1.82) is 0 Å². The lowest BCUT2D eigenvalue weighted by Crippen LogP contribution is -2.28. The first-order valence-electron chi connectivity index (χ1n) is 8.95. The van der Waals surface area contributed by atoms with E-state index in [-0.39, 0.29) is 11.8 Å². The number of hydrogen-bond donors (Lipinski definition) is 0. The number of benzene rings is 2. The van der Waals surface area contributed by atoms with E-state index in [4.69, 9.17) is 27.5 Å². The van der Waals surface area contributed by atoms with Gasteiger partial charge in [0.1, 0.15) is 6.61 Å². The summed E-state index contributed by atoms with van der Waals surface area (Å²) in [6.45, 7) is 2.59. The highest BCUT2D eigenvalue weighted by atomic mass is 79.9. The van der Waals surface area contributed by atoms with Gasteiger partial charge in [0.05, 0.1) is 22.5 Å². The molecule has 2 amide bonds. The van der Waals surface area contributed by atoms with E-state index in [0.717, 1.165) is 22.2 Å². The minimum Gasteiger partial charge on any atom is -0.490 e. The molecule has 0 atom stereocenters. The molecule has 1 aliphatic rings. The highest BCUT2D eigenvalue weighted by molar-refractivity contribution is 9.10. The van der Waals surface area contributed by atoms with E-state index in [1.165, 1.54) is 0 Å². The molecule has 1 heterocycles. The lowest BCUT2D eigenvalue weighted by molar-refractivity contribution is -0.122. The molecule has 0 aliphatic carbocycles. The summed E-state index contributed by atoms with van der Waals surface area (Å²) in [5.74, 6) is 2.99. The normalized spacial score (nSPS) is 14.9. The first kappa shape index (κ1) is 22.3. The summed E-state index contributed by atoms with van der Waals surface area (Å²) in [5.41, 5.74) is 1.65. The number of terminal acetylenes is 1. The van der Waals surface area contributed by atoms with E-state index in [2.05, 4.69) is 21.9 Å². The molecule has 0 aromatic heterocycles. The quantitative estimate of drug-likeness (QED) is 0.353. The molecule has 2 aromatic carbocycles. The van der Waals surface area contributed by atoms with E-state index in [0.29, 0.717) is 44.7 Å². The number of halogens is 2. The van der Waals surface area contributed by atoms with Gasteiger partial charge in [0.2, 0.25) is 0 Å². The average molecular weight is 507 g/mol. The first-order valence-corrected chi connectivity index (χ1v) is 10.9. The zero-order chi connectivity index (χ0) is 21.7. The van der Waals surface area contributed by atoms with Crippen LogP contribution in [0.4, 0.5) is 4.79 Å². The topological polar surface area (TPSA) is 55.8 Å². The summed E-state index contributed by atoms with van der Waals surface area (Å²) >= 11 is 10.3. The Morgan fingerprint density at radius 3 is 2.63 bits per heavy atom. The van der Waals surface area contributed by atoms with E-state index in [1.807, 2.05) is 19.1 Å². The van der Waals surface area contributed by atoms with Crippen molar-refractivity contribution in [1.82, 2.24) is 4.90 Å². The summed E-state index contributed by atoms with van der Waals surface area (Å²) in [7, 11) is 0. The van der Waals surface area contributed by atoms with Crippen molar-refractivity contribution >= 4 is 56.5 Å². The van der Waals surface area contributed by atoms with Gasteiger partial charge >= 0.3 is 0 Å². The van der Waals surface area contributed by atoms with Crippen molar-refractivity contribution in [2.45, 2.75) is 13.5 Å². The molecule has 1 aliphatic heterocycles. The van der Waals surface area contributed by atoms with Crippen molar-refractivity contribution in [3.05, 3.63) is 61.9 Å². The van der Waals surface area contributed by atoms with Gasteiger partial charge in [-0.15, -0.1) is 6.42 Å². The second kappa shape index (κ2) is 10.1. The molecule has 0 unspecified atom stereocenters. The van der Waals surface area contributed by atoms with Gasteiger partial charge in [0.25, 0.3) is 11.1 Å². The Hall–Kier alpha value is -2.40. The summed E-state index contributed by atoms with van der Waals surface area (Å²) < 4.78 is 12.4. The maximum atomic E-state index is 12.4. The standard InChI is InChI=1S/C22H17BrClNO4S/c1-3-9-25-21(26)19(30-22(25)27)12-15-10-17(23)20(18(11-15)28-4-2)29-13-14-5-7-16(24)8-6-14/h1,5-8,10-12H,4,9,13H2,2H3/b19-12+. The first-order chi connectivity index (χ1) is 14.4. The molecule has 154 valence electrons. The summed E-state index contributed by atoms with van der Waals surface area (Å²) in [6.07, 6.45) is 6.87. The van der Waals surface area contributed by atoms with Crippen LogP contribution >= 0.6 is 39.3 Å². The number of hydrogen-bond acceptors (Lipinski definition) is 5. The SMILES string of the molecule is C#CCN1C(=O)S/C(=C/c2cc(Br)c(OCc3ccc(Cl)cc3)c(OCC)c2)C1=O. The van der Waals surface area contributed by atoms with E-state index in [9.17, 15) is 9.59 Å². The fourth-order valence-corrected chi connectivity index (χ4v) is 4.23. The molecular formula is C22H17BrClNO4S. The molecular weight excluding hydrogens is 490 g/mol. The smallest absolute Gasteiger partial charge is 0.294 e. The van der Waals surface area contributed by atoms with Crippen LogP contribution in [0.25, 0.3) is 6.08 Å². The molecule has 0 radical (unpaired) electrons. The Labute approximate surface area is 192 Å². The van der Waals surface area contributed by atoms with Gasteiger partial charge in [-0.05, 0) is 76.1 Å². The molecule has 3 rings (SSSR count). The maximum Gasteiger partial charge on any atom is 0.294 e. The minimum atomic E-state index is -0.403. The van der Waals surface area contributed by atoms with Gasteiger partial charge in [-0.1, -0.05) is 29.7 Å². The van der Waals surface area contributed by atoms with Gasteiger partial charge in [0.15, 0.2) is 11.5 Å². The van der Waals surface area contributed by atoms with Crippen molar-refractivity contribution in [2.75, 3.05) is 13.2 Å². The van der Waals surface area contributed by atoms with Crippen molar-refractivity contribution in [2.24, 2.45) is 0 Å². The van der Waals surface area contributed by atoms with Crippen LogP contribution in [0, 0.1) is 12.3 Å². The zero-order valence-electron chi connectivity index (χ0n) is 16.0. The van der Waals surface area contributed by atoms with Gasteiger partial charge in [-0.2, -0.15) is 0 Å². The average Bonchev–Trinajstić information content (AvgIpc) is 2.97. The third kappa shape index (κ3) is 5.20. The monoisotopic (exact) mass is 505 g/mol. The largest absolute Gasteiger partial charge is 0.490 e. The molecule has 0 bridgehead atoms. The van der Waals surface area contributed by atoms with E-state index >= 15 is 0 Å². The van der Waals surface area contributed by atoms with Crippen molar-refractivity contribution in [3.63, 3.8) is 0 Å². The number of nitrogens with zero attached hydrogens (tertiary/aromatic N) is 1. The lowest BCUT2D eigenvalue weighted by Gasteiger charge is -2.15. The highest BCUT2D eigenvalue weighted by Gasteiger charge is 2.34. The molecule has 2 aromatic rings. The number of carbonyl (C=O) groups excluding carboxylic acids is 2. The van der Waals surface area contributed by atoms with Gasteiger partial charge in [-0.25, -0.2) is 0 Å². The van der Waals surface area contributed by atoms with Crippen LogP contribution in [-0.4, -0.2) is 29.2 Å². The summed E-state index contributed by atoms with van der Waals surface area (Å²) in [5, 5.41) is 0.280. The Balaban J connectivity index is 1.86. The zero-order valence-corrected chi connectivity index (χ0v) is 19.1. The Bertz CT molecular complexity index is 1050. The Morgan fingerprint density at radius 1 is 1.23 bits per heavy atom. The predicted octanol–water partition coefficient (Wildman–Crippen LogP) is 5.75. The van der Waals surface area contributed by atoms with Gasteiger partial charge in [-0.3, -0.25) is 14.5 Å². The molecule has 30 heavy (non-hydrogen) atoms. The highest BCUT2D eigenvalue weighted by Crippen LogP contribution is 2.39. The number of imide groups is 1. The summed E-state index contributed by atoms with van der Waals surface area (Å²) in [4.78, 5) is 25.7. The Kier molecular flexibility index (Phi) is 7.48. The molecule has 0 spiro atoms. The third-order valence-corrected chi connectivity index (χ3v) is 5.80. The number of rotatable bonds is 7. The molecule has 8 heteroatoms. The van der Waals surface area contributed by atoms with Crippen LogP contribution in [0.15, 0.2) is 45.8 Å². The molecule has 0 saturated carbocycles. The second-order valence-corrected chi connectivity index (χ2v) is 8.43. The molecule has 1 fully saturated rings. The van der Waals surface area contributed by atoms with Crippen molar-refractivity contribution in [3.8, 4) is 23.8 Å². The number of thioether (sulfide) groups is 1. The van der Waals surface area contributed by atoms with Crippen LogP contribution in [0.2, 0.25) is 5.02 Å². The van der Waals surface area contributed by atoms with Crippen LogP contribution < -0.4 is 9.47 Å². The fourth-order valence-electron chi connectivity index (χ4n) is 2.69. The van der Waals surface area contributed by atoms with Crippen LogP contribution in [-0.2, 0) is 11.4 Å². The van der Waals surface area contributed by atoms with Gasteiger partial charge in [0, 0.05) is 5.02 Å². The number of amides is 2. The van der Waals surface area contributed by atoms with Gasteiger partial charge < -0.3 is 9.47 Å². The predicted molar refractivity (Wildman–Crippen MR) is 123 cm³/mol. The van der Waals surface area contributed by atoms with Crippen LogP contribution in [0.1, 0.15) is 18.1 Å². The van der Waals surface area contributed by atoms with Crippen LogP contribution in [0.5, 0.6) is 11.5 Å². The molecule has 1 saturated heterocycles. The fraction of sp³-hybridized carbons (Fsp3) is 0.182. The summed E-state index contributed by atoms with van der Waals surface area (Å²) in [6, 6.07) is 10.9. The van der Waals surface area contributed by atoms with Crippen LogP contribution in [0.3, 0.4) is 0 Å². The number of ether oxygens (including phenoxy) is 2. The second-order valence-electron chi connectivity index (χ2n) is 6.15. The van der Waals surface area contributed by atoms with E-state index in [1.54, 1.807) is 30.3 Å². The lowest BCUT2D eigenvalue weighted by atomic mass is 10.1.